The fourth-order valence-corrected chi connectivity index (χ4v) is 3.97. The van der Waals surface area contributed by atoms with Crippen molar-refractivity contribution in [2.24, 2.45) is 25.9 Å². The van der Waals surface area contributed by atoms with Gasteiger partial charge < -0.3 is 4.90 Å². The quantitative estimate of drug-likeness (QED) is 0.709. The zero-order chi connectivity index (χ0) is 19.1. The van der Waals surface area contributed by atoms with Crippen LogP contribution < -0.4 is 16.0 Å². The van der Waals surface area contributed by atoms with Crippen LogP contribution in [0.4, 0.5) is 0 Å². The predicted octanol–water partition coefficient (Wildman–Crippen LogP) is -1.27. The van der Waals surface area contributed by atoms with E-state index in [-0.39, 0.29) is 24.1 Å². The minimum absolute atomic E-state index is 0.00406. The van der Waals surface area contributed by atoms with Crippen molar-refractivity contribution in [1.82, 2.24) is 18.8 Å². The zero-order valence-corrected chi connectivity index (χ0v) is 15.8. The topological polar surface area (TPSA) is 110 Å². The molecule has 1 amide bonds. The Morgan fingerprint density at radius 2 is 1.80 bits per heavy atom. The highest BCUT2D eigenvalue weighted by atomic mass is 32.2. The van der Waals surface area contributed by atoms with Gasteiger partial charge in [-0.3, -0.25) is 18.7 Å². The summed E-state index contributed by atoms with van der Waals surface area (Å²) in [7, 11) is -0.641. The summed E-state index contributed by atoms with van der Waals surface area (Å²) in [5.41, 5.74) is -1.14. The van der Waals surface area contributed by atoms with Crippen molar-refractivity contribution < 1.29 is 13.2 Å². The Morgan fingerprint density at radius 3 is 2.32 bits per heavy atom. The molecule has 1 aliphatic heterocycles. The molecule has 1 saturated heterocycles. The number of nitrogens with zero attached hydrogens (tertiary/aromatic N) is 3. The Balaban J connectivity index is 2.35. The molecule has 1 aromatic rings. The van der Waals surface area contributed by atoms with E-state index in [0.717, 1.165) is 21.5 Å². The average Bonchev–Trinajstić information content (AvgIpc) is 2.90. The number of hydrogen-bond acceptors (Lipinski definition) is 5. The van der Waals surface area contributed by atoms with Crippen LogP contribution in [0.5, 0.6) is 0 Å². The first-order valence-corrected chi connectivity index (χ1v) is 9.85. The molecule has 0 bridgehead atoms. The normalized spacial score (nSPS) is 21.1. The molecule has 1 N–H and O–H groups in total. The maximum absolute atomic E-state index is 12.8. The SMILES string of the molecule is CC(C)[C@@H]1CN(C(=O)c2cc(=O)n(C)c(=O)n2C)C[C@H]1NS(C)(=O)=O. The summed E-state index contributed by atoms with van der Waals surface area (Å²) in [6.45, 7) is 4.47. The molecule has 0 radical (unpaired) electrons. The number of hydrogen-bond donors (Lipinski definition) is 1. The summed E-state index contributed by atoms with van der Waals surface area (Å²) in [5, 5.41) is 0. The summed E-state index contributed by atoms with van der Waals surface area (Å²) >= 11 is 0. The van der Waals surface area contributed by atoms with Crippen LogP contribution in [0.25, 0.3) is 0 Å². The van der Waals surface area contributed by atoms with Crippen molar-refractivity contribution >= 4 is 15.9 Å². The first-order chi connectivity index (χ1) is 11.4. The van der Waals surface area contributed by atoms with Gasteiger partial charge in [0.2, 0.25) is 10.0 Å². The Morgan fingerprint density at radius 1 is 1.20 bits per heavy atom. The van der Waals surface area contributed by atoms with Crippen molar-refractivity contribution in [1.29, 1.82) is 0 Å². The molecule has 25 heavy (non-hydrogen) atoms. The Labute approximate surface area is 146 Å². The minimum Gasteiger partial charge on any atom is -0.335 e. The van der Waals surface area contributed by atoms with Crippen molar-refractivity contribution in [2.75, 3.05) is 19.3 Å². The number of carbonyl (C=O) groups is 1. The molecule has 0 saturated carbocycles. The maximum Gasteiger partial charge on any atom is 0.331 e. The summed E-state index contributed by atoms with van der Waals surface area (Å²) in [6, 6.07) is 0.730. The molecule has 0 aromatic carbocycles. The molecule has 140 valence electrons. The van der Waals surface area contributed by atoms with Crippen LogP contribution in [-0.2, 0) is 24.1 Å². The predicted molar refractivity (Wildman–Crippen MR) is 92.9 cm³/mol. The van der Waals surface area contributed by atoms with Gasteiger partial charge in [0.1, 0.15) is 5.69 Å². The van der Waals surface area contributed by atoms with E-state index < -0.39 is 33.2 Å². The van der Waals surface area contributed by atoms with Gasteiger partial charge in [-0.05, 0) is 11.8 Å². The largest absolute Gasteiger partial charge is 0.335 e. The molecule has 9 nitrogen and oxygen atoms in total. The Hall–Kier alpha value is -1.94. The second-order valence-corrected chi connectivity index (χ2v) is 8.66. The van der Waals surface area contributed by atoms with E-state index in [2.05, 4.69) is 4.72 Å². The molecule has 2 heterocycles. The van der Waals surface area contributed by atoms with Crippen LogP contribution in [0.1, 0.15) is 24.3 Å². The van der Waals surface area contributed by atoms with Gasteiger partial charge >= 0.3 is 5.69 Å². The van der Waals surface area contributed by atoms with Crippen LogP contribution in [0.2, 0.25) is 0 Å². The van der Waals surface area contributed by atoms with Gasteiger partial charge in [0, 0.05) is 39.3 Å². The maximum atomic E-state index is 12.8. The van der Waals surface area contributed by atoms with Crippen molar-refractivity contribution in [3.8, 4) is 0 Å². The van der Waals surface area contributed by atoms with Gasteiger partial charge in [0.25, 0.3) is 11.5 Å². The fraction of sp³-hybridized carbons (Fsp3) is 0.667. The molecule has 10 heteroatoms. The summed E-state index contributed by atoms with van der Waals surface area (Å²) < 4.78 is 27.8. The lowest BCUT2D eigenvalue weighted by atomic mass is 9.92. The highest BCUT2D eigenvalue weighted by Gasteiger charge is 2.39. The van der Waals surface area contributed by atoms with Crippen LogP contribution in [0, 0.1) is 11.8 Å². The zero-order valence-electron chi connectivity index (χ0n) is 15.0. The van der Waals surface area contributed by atoms with E-state index in [0.29, 0.717) is 6.54 Å². The van der Waals surface area contributed by atoms with E-state index >= 15 is 0 Å². The number of sulfonamides is 1. The molecule has 2 atom stereocenters. The molecular formula is C15H24N4O5S. The van der Waals surface area contributed by atoms with E-state index in [1.54, 1.807) is 0 Å². The molecule has 2 rings (SSSR count). The number of aromatic nitrogens is 2. The van der Waals surface area contributed by atoms with Crippen molar-refractivity contribution in [3.63, 3.8) is 0 Å². The second kappa shape index (κ2) is 6.75. The van der Waals surface area contributed by atoms with Gasteiger partial charge in [0.15, 0.2) is 0 Å². The van der Waals surface area contributed by atoms with Crippen LogP contribution in [-0.4, -0.2) is 53.7 Å². The van der Waals surface area contributed by atoms with E-state index in [4.69, 9.17) is 0 Å². The number of likely N-dealkylation sites (tertiary alicyclic amines) is 1. The van der Waals surface area contributed by atoms with E-state index in [9.17, 15) is 22.8 Å². The lowest BCUT2D eigenvalue weighted by molar-refractivity contribution is 0.0771. The number of carbonyl (C=O) groups excluding carboxylic acids is 1. The number of nitrogens with one attached hydrogen (secondary N) is 1. The van der Waals surface area contributed by atoms with Gasteiger partial charge in [-0.15, -0.1) is 0 Å². The van der Waals surface area contributed by atoms with Gasteiger partial charge in [-0.25, -0.2) is 17.9 Å². The first-order valence-electron chi connectivity index (χ1n) is 7.96. The van der Waals surface area contributed by atoms with Crippen LogP contribution in [0.3, 0.4) is 0 Å². The summed E-state index contributed by atoms with van der Waals surface area (Å²) in [4.78, 5) is 38.2. The Kier molecular flexibility index (Phi) is 5.24. The molecule has 0 unspecified atom stereocenters. The van der Waals surface area contributed by atoms with Crippen LogP contribution >= 0.6 is 0 Å². The highest BCUT2D eigenvalue weighted by Crippen LogP contribution is 2.26. The Bertz CT molecular complexity index is 899. The number of rotatable bonds is 4. The minimum atomic E-state index is -3.41. The lowest BCUT2D eigenvalue weighted by Crippen LogP contribution is -2.43. The third kappa shape index (κ3) is 4.01. The molecule has 0 spiro atoms. The van der Waals surface area contributed by atoms with Gasteiger partial charge in [0.05, 0.1) is 6.26 Å². The third-order valence-electron chi connectivity index (χ3n) is 4.62. The van der Waals surface area contributed by atoms with Crippen LogP contribution in [0.15, 0.2) is 15.7 Å². The number of amides is 1. The van der Waals surface area contributed by atoms with Crippen molar-refractivity contribution in [3.05, 3.63) is 32.6 Å². The lowest BCUT2D eigenvalue weighted by Gasteiger charge is -2.21. The van der Waals surface area contributed by atoms with Gasteiger partial charge in [-0.1, -0.05) is 13.8 Å². The van der Waals surface area contributed by atoms with Crippen molar-refractivity contribution in [2.45, 2.75) is 19.9 Å². The van der Waals surface area contributed by atoms with E-state index in [1.165, 1.54) is 19.0 Å². The van der Waals surface area contributed by atoms with Gasteiger partial charge in [-0.2, -0.15) is 0 Å². The monoisotopic (exact) mass is 372 g/mol. The molecule has 0 aliphatic carbocycles. The standard InChI is InChI=1S/C15H24N4O5S/c1-9(2)10-7-19(8-11(10)16-25(5,23)24)14(21)12-6-13(20)18(4)15(22)17(12)3/h6,9-11,16H,7-8H2,1-5H3/t10-,11+/m0/s1. The van der Waals surface area contributed by atoms with E-state index in [1.807, 2.05) is 13.8 Å². The molecule has 1 fully saturated rings. The third-order valence-corrected chi connectivity index (χ3v) is 5.35. The highest BCUT2D eigenvalue weighted by molar-refractivity contribution is 7.88. The summed E-state index contributed by atoms with van der Waals surface area (Å²) in [5.74, 6) is -0.354. The second-order valence-electron chi connectivity index (χ2n) is 6.88. The molecular weight excluding hydrogens is 348 g/mol. The average molecular weight is 372 g/mol. The molecule has 1 aromatic heterocycles. The smallest absolute Gasteiger partial charge is 0.331 e. The molecule has 1 aliphatic rings. The first kappa shape index (κ1) is 19.4. The fourth-order valence-electron chi connectivity index (χ4n) is 3.17. The summed E-state index contributed by atoms with van der Waals surface area (Å²) in [6.07, 6.45) is 1.08.